The summed E-state index contributed by atoms with van der Waals surface area (Å²) in [6.45, 7) is 5.59. The second-order valence-electron chi connectivity index (χ2n) is 3.57. The molecule has 1 aliphatic heterocycles. The molecule has 1 N–H and O–H groups in total. The number of allylic oxidation sites excluding steroid dienone is 1. The summed E-state index contributed by atoms with van der Waals surface area (Å²) in [5, 5.41) is 8.84. The lowest BCUT2D eigenvalue weighted by Gasteiger charge is -2.24. The fourth-order valence-corrected chi connectivity index (χ4v) is 1.69. The van der Waals surface area contributed by atoms with Gasteiger partial charge in [-0.25, -0.2) is 4.79 Å². The summed E-state index contributed by atoms with van der Waals surface area (Å²) in [4.78, 5) is 23.9. The molecule has 78 valence electrons. The van der Waals surface area contributed by atoms with Crippen molar-refractivity contribution in [3.05, 3.63) is 11.3 Å². The van der Waals surface area contributed by atoms with E-state index in [1.54, 1.807) is 11.8 Å². The number of carboxylic acids is 1. The fraction of sp³-hybridized carbons (Fsp3) is 0.600. The number of carbonyl (C=O) groups is 2. The molecule has 1 aliphatic rings. The first-order chi connectivity index (χ1) is 6.49. The zero-order valence-corrected chi connectivity index (χ0v) is 8.70. The number of amides is 1. The first-order valence-electron chi connectivity index (χ1n) is 4.74. The molecule has 1 rings (SSSR count). The molecule has 0 bridgehead atoms. The Morgan fingerprint density at radius 1 is 1.64 bits per heavy atom. The average Bonchev–Trinajstić information content (AvgIpc) is 2.41. The van der Waals surface area contributed by atoms with Crippen molar-refractivity contribution in [3.8, 4) is 0 Å². The second kappa shape index (κ2) is 3.82. The van der Waals surface area contributed by atoms with Crippen LogP contribution in [-0.4, -0.2) is 27.9 Å². The van der Waals surface area contributed by atoms with E-state index < -0.39 is 5.97 Å². The SMILES string of the molecule is CCC(C)N1C(=O)CC(C(=O)O)=C1C. The van der Waals surface area contributed by atoms with Crippen molar-refractivity contribution in [2.45, 2.75) is 39.7 Å². The molecule has 0 aromatic heterocycles. The van der Waals surface area contributed by atoms with E-state index in [0.29, 0.717) is 5.70 Å². The highest BCUT2D eigenvalue weighted by atomic mass is 16.4. The van der Waals surface area contributed by atoms with E-state index in [1.165, 1.54) is 0 Å². The predicted octanol–water partition coefficient (Wildman–Crippen LogP) is 1.38. The van der Waals surface area contributed by atoms with Crippen LogP contribution in [-0.2, 0) is 9.59 Å². The Morgan fingerprint density at radius 3 is 2.57 bits per heavy atom. The van der Waals surface area contributed by atoms with Crippen molar-refractivity contribution in [1.82, 2.24) is 4.90 Å². The van der Waals surface area contributed by atoms with Crippen molar-refractivity contribution in [2.75, 3.05) is 0 Å². The van der Waals surface area contributed by atoms with Crippen molar-refractivity contribution in [1.29, 1.82) is 0 Å². The minimum atomic E-state index is -0.985. The molecule has 1 heterocycles. The summed E-state index contributed by atoms with van der Waals surface area (Å²) >= 11 is 0. The Morgan fingerprint density at radius 2 is 2.21 bits per heavy atom. The molecule has 0 saturated carbocycles. The normalized spacial score (nSPS) is 19.1. The van der Waals surface area contributed by atoms with Gasteiger partial charge >= 0.3 is 5.97 Å². The topological polar surface area (TPSA) is 57.6 Å². The molecular weight excluding hydrogens is 182 g/mol. The fourth-order valence-electron chi connectivity index (χ4n) is 1.69. The van der Waals surface area contributed by atoms with E-state index in [-0.39, 0.29) is 23.9 Å². The van der Waals surface area contributed by atoms with E-state index in [2.05, 4.69) is 0 Å². The van der Waals surface area contributed by atoms with Crippen molar-refractivity contribution < 1.29 is 14.7 Å². The average molecular weight is 197 g/mol. The number of rotatable bonds is 3. The largest absolute Gasteiger partial charge is 0.478 e. The lowest BCUT2D eigenvalue weighted by Crippen LogP contribution is -2.32. The van der Waals surface area contributed by atoms with Gasteiger partial charge in [-0.2, -0.15) is 0 Å². The monoisotopic (exact) mass is 197 g/mol. The molecule has 0 aromatic rings. The minimum absolute atomic E-state index is 0.0332. The Bertz CT molecular complexity index is 306. The second-order valence-corrected chi connectivity index (χ2v) is 3.57. The molecule has 0 spiro atoms. The van der Waals surface area contributed by atoms with Gasteiger partial charge in [-0.15, -0.1) is 0 Å². The number of hydrogen-bond donors (Lipinski definition) is 1. The van der Waals surface area contributed by atoms with E-state index in [9.17, 15) is 9.59 Å². The van der Waals surface area contributed by atoms with Gasteiger partial charge in [0, 0.05) is 11.7 Å². The highest BCUT2D eigenvalue weighted by Crippen LogP contribution is 2.26. The third-order valence-electron chi connectivity index (χ3n) is 2.68. The highest BCUT2D eigenvalue weighted by Gasteiger charge is 2.33. The van der Waals surface area contributed by atoms with Crippen LogP contribution in [0, 0.1) is 0 Å². The van der Waals surface area contributed by atoms with E-state index in [0.717, 1.165) is 6.42 Å². The quantitative estimate of drug-likeness (QED) is 0.743. The van der Waals surface area contributed by atoms with Crippen molar-refractivity contribution >= 4 is 11.9 Å². The van der Waals surface area contributed by atoms with Gasteiger partial charge in [0.2, 0.25) is 5.91 Å². The van der Waals surface area contributed by atoms with E-state index in [1.807, 2.05) is 13.8 Å². The van der Waals surface area contributed by atoms with Crippen LogP contribution in [0.25, 0.3) is 0 Å². The first kappa shape index (κ1) is 10.8. The molecule has 0 radical (unpaired) electrons. The van der Waals surface area contributed by atoms with Gasteiger partial charge in [0.05, 0.1) is 12.0 Å². The Kier molecular flexibility index (Phi) is 2.93. The van der Waals surface area contributed by atoms with Gasteiger partial charge in [0.1, 0.15) is 0 Å². The minimum Gasteiger partial charge on any atom is -0.478 e. The number of hydrogen-bond acceptors (Lipinski definition) is 2. The Balaban J connectivity index is 2.98. The maximum Gasteiger partial charge on any atom is 0.333 e. The predicted molar refractivity (Wildman–Crippen MR) is 51.6 cm³/mol. The maximum absolute atomic E-state index is 11.5. The molecule has 1 atom stereocenters. The molecule has 14 heavy (non-hydrogen) atoms. The van der Waals surface area contributed by atoms with Gasteiger partial charge in [0.25, 0.3) is 0 Å². The molecule has 1 unspecified atom stereocenters. The van der Waals surface area contributed by atoms with Crippen LogP contribution in [0.4, 0.5) is 0 Å². The number of carbonyl (C=O) groups excluding carboxylic acids is 1. The lowest BCUT2D eigenvalue weighted by molar-refractivity contribution is -0.134. The van der Waals surface area contributed by atoms with Crippen LogP contribution in [0.15, 0.2) is 11.3 Å². The summed E-state index contributed by atoms with van der Waals surface area (Å²) in [5.41, 5.74) is 0.826. The highest BCUT2D eigenvalue weighted by molar-refractivity contribution is 5.99. The van der Waals surface area contributed by atoms with Crippen molar-refractivity contribution in [2.24, 2.45) is 0 Å². The maximum atomic E-state index is 11.5. The summed E-state index contributed by atoms with van der Waals surface area (Å²) in [7, 11) is 0. The van der Waals surface area contributed by atoms with Gasteiger partial charge in [-0.05, 0) is 20.3 Å². The first-order valence-corrected chi connectivity index (χ1v) is 4.74. The van der Waals surface area contributed by atoms with E-state index >= 15 is 0 Å². The van der Waals surface area contributed by atoms with Gasteiger partial charge in [0.15, 0.2) is 0 Å². The molecular formula is C10H15NO3. The van der Waals surface area contributed by atoms with Crippen LogP contribution >= 0.6 is 0 Å². The van der Waals surface area contributed by atoms with Crippen LogP contribution in [0.3, 0.4) is 0 Å². The molecule has 0 fully saturated rings. The third kappa shape index (κ3) is 1.64. The Labute approximate surface area is 83.2 Å². The summed E-state index contributed by atoms with van der Waals surface area (Å²) in [6, 6.07) is 0.0827. The number of nitrogens with zero attached hydrogens (tertiary/aromatic N) is 1. The molecule has 0 saturated heterocycles. The van der Waals surface area contributed by atoms with Crippen LogP contribution in [0.1, 0.15) is 33.6 Å². The lowest BCUT2D eigenvalue weighted by atomic mass is 10.2. The number of carboxylic acid groups (broad SMARTS) is 1. The molecule has 0 aromatic carbocycles. The summed E-state index contributed by atoms with van der Waals surface area (Å²) in [6.07, 6.45) is 0.863. The van der Waals surface area contributed by atoms with Gasteiger partial charge < -0.3 is 10.0 Å². The molecule has 1 amide bonds. The van der Waals surface area contributed by atoms with Crippen molar-refractivity contribution in [3.63, 3.8) is 0 Å². The number of aliphatic carboxylic acids is 1. The van der Waals surface area contributed by atoms with Crippen LogP contribution in [0.2, 0.25) is 0 Å². The summed E-state index contributed by atoms with van der Waals surface area (Å²) < 4.78 is 0. The molecule has 0 aliphatic carbocycles. The third-order valence-corrected chi connectivity index (χ3v) is 2.68. The van der Waals surface area contributed by atoms with Gasteiger partial charge in [-0.3, -0.25) is 4.79 Å². The molecule has 4 heteroatoms. The zero-order valence-electron chi connectivity index (χ0n) is 8.70. The van der Waals surface area contributed by atoms with Gasteiger partial charge in [-0.1, -0.05) is 6.92 Å². The van der Waals surface area contributed by atoms with Crippen LogP contribution in [0.5, 0.6) is 0 Å². The summed E-state index contributed by atoms with van der Waals surface area (Å²) in [5.74, 6) is -1.09. The Hall–Kier alpha value is -1.32. The zero-order chi connectivity index (χ0) is 10.9. The standard InChI is InChI=1S/C10H15NO3/c1-4-6(2)11-7(3)8(10(13)14)5-9(11)12/h6H,4-5H2,1-3H3,(H,13,14). The smallest absolute Gasteiger partial charge is 0.333 e. The van der Waals surface area contributed by atoms with E-state index in [4.69, 9.17) is 5.11 Å². The molecule has 4 nitrogen and oxygen atoms in total. The van der Waals surface area contributed by atoms with Crippen LogP contribution < -0.4 is 0 Å².